The van der Waals surface area contributed by atoms with E-state index in [0.717, 1.165) is 16.1 Å². The van der Waals surface area contributed by atoms with Crippen molar-refractivity contribution in [2.24, 2.45) is 0 Å². The molecule has 0 saturated heterocycles. The molecule has 0 unspecified atom stereocenters. The van der Waals surface area contributed by atoms with Crippen molar-refractivity contribution in [2.75, 3.05) is 7.11 Å². The molecule has 0 N–H and O–H groups in total. The SMILES string of the molecule is COc1ccc(C(C)(C)c2ccc(Oc3ccc(Br)nc3)cc2)cc1. The molecule has 0 radical (unpaired) electrons. The molecule has 0 aliphatic rings. The van der Waals surface area contributed by atoms with Crippen LogP contribution in [0, 0.1) is 0 Å². The second-order valence-corrected chi connectivity index (χ2v) is 7.11. The van der Waals surface area contributed by atoms with Crippen molar-refractivity contribution in [3.63, 3.8) is 0 Å². The molecule has 0 aliphatic heterocycles. The van der Waals surface area contributed by atoms with E-state index < -0.39 is 0 Å². The molecular weight excluding hydrogens is 378 g/mol. The molecule has 128 valence electrons. The number of ether oxygens (including phenoxy) is 2. The Labute approximate surface area is 156 Å². The first kappa shape index (κ1) is 17.5. The van der Waals surface area contributed by atoms with Gasteiger partial charge in [-0.05, 0) is 63.5 Å². The van der Waals surface area contributed by atoms with Crippen LogP contribution in [0.5, 0.6) is 17.2 Å². The van der Waals surface area contributed by atoms with Gasteiger partial charge < -0.3 is 9.47 Å². The number of aromatic nitrogens is 1. The molecule has 3 aromatic rings. The molecule has 4 heteroatoms. The van der Waals surface area contributed by atoms with Gasteiger partial charge in [-0.3, -0.25) is 0 Å². The number of benzene rings is 2. The highest BCUT2D eigenvalue weighted by atomic mass is 79.9. The molecule has 0 amide bonds. The van der Waals surface area contributed by atoms with Gasteiger partial charge in [0.2, 0.25) is 0 Å². The van der Waals surface area contributed by atoms with Gasteiger partial charge in [-0.2, -0.15) is 0 Å². The number of hydrogen-bond donors (Lipinski definition) is 0. The van der Waals surface area contributed by atoms with E-state index in [1.807, 2.05) is 36.4 Å². The summed E-state index contributed by atoms with van der Waals surface area (Å²) in [5.74, 6) is 2.37. The van der Waals surface area contributed by atoms with E-state index in [1.165, 1.54) is 11.1 Å². The maximum Gasteiger partial charge on any atom is 0.145 e. The highest BCUT2D eigenvalue weighted by molar-refractivity contribution is 9.10. The minimum absolute atomic E-state index is 0.107. The summed E-state index contributed by atoms with van der Waals surface area (Å²) in [6.07, 6.45) is 1.69. The van der Waals surface area contributed by atoms with Gasteiger partial charge in [-0.25, -0.2) is 4.98 Å². The number of methoxy groups -OCH3 is 1. The van der Waals surface area contributed by atoms with Crippen LogP contribution in [0.2, 0.25) is 0 Å². The van der Waals surface area contributed by atoms with Crippen molar-refractivity contribution in [3.8, 4) is 17.2 Å². The number of halogens is 1. The average Bonchev–Trinajstić information content (AvgIpc) is 2.64. The lowest BCUT2D eigenvalue weighted by molar-refractivity contribution is 0.414. The molecule has 25 heavy (non-hydrogen) atoms. The van der Waals surface area contributed by atoms with Crippen molar-refractivity contribution in [3.05, 3.63) is 82.6 Å². The Kier molecular flexibility index (Phi) is 5.09. The van der Waals surface area contributed by atoms with Crippen LogP contribution in [-0.4, -0.2) is 12.1 Å². The maximum atomic E-state index is 5.84. The Balaban J connectivity index is 1.79. The fourth-order valence-corrected chi connectivity index (χ4v) is 2.91. The van der Waals surface area contributed by atoms with Crippen LogP contribution in [0.25, 0.3) is 0 Å². The fourth-order valence-electron chi connectivity index (χ4n) is 2.67. The third kappa shape index (κ3) is 4.02. The van der Waals surface area contributed by atoms with E-state index in [-0.39, 0.29) is 5.41 Å². The highest BCUT2D eigenvalue weighted by Crippen LogP contribution is 2.34. The minimum atomic E-state index is -0.107. The predicted octanol–water partition coefficient (Wildman–Crippen LogP) is 5.97. The zero-order chi connectivity index (χ0) is 17.9. The number of rotatable bonds is 5. The maximum absolute atomic E-state index is 5.84. The number of hydrogen-bond acceptors (Lipinski definition) is 3. The topological polar surface area (TPSA) is 31.4 Å². The van der Waals surface area contributed by atoms with Gasteiger partial charge in [-0.1, -0.05) is 38.1 Å². The summed E-state index contributed by atoms with van der Waals surface area (Å²) in [7, 11) is 1.68. The quantitative estimate of drug-likeness (QED) is 0.496. The van der Waals surface area contributed by atoms with Gasteiger partial charge in [0.15, 0.2) is 0 Å². The molecule has 0 spiro atoms. The fraction of sp³-hybridized carbons (Fsp3) is 0.190. The average molecular weight is 398 g/mol. The van der Waals surface area contributed by atoms with Crippen molar-refractivity contribution in [1.82, 2.24) is 4.98 Å². The summed E-state index contributed by atoms with van der Waals surface area (Å²) in [6, 6.07) is 20.1. The smallest absolute Gasteiger partial charge is 0.145 e. The molecule has 0 bridgehead atoms. The zero-order valence-electron chi connectivity index (χ0n) is 14.5. The Bertz CT molecular complexity index is 825. The molecule has 0 aliphatic carbocycles. The monoisotopic (exact) mass is 397 g/mol. The van der Waals surface area contributed by atoms with E-state index in [1.54, 1.807) is 13.3 Å². The van der Waals surface area contributed by atoms with E-state index in [2.05, 4.69) is 59.0 Å². The van der Waals surface area contributed by atoms with Gasteiger partial charge in [-0.15, -0.1) is 0 Å². The van der Waals surface area contributed by atoms with E-state index in [0.29, 0.717) is 5.75 Å². The molecule has 2 aromatic carbocycles. The first-order chi connectivity index (χ1) is 12.0. The summed E-state index contributed by atoms with van der Waals surface area (Å²) in [5, 5.41) is 0. The minimum Gasteiger partial charge on any atom is -0.497 e. The van der Waals surface area contributed by atoms with Gasteiger partial charge in [0, 0.05) is 5.41 Å². The van der Waals surface area contributed by atoms with E-state index in [9.17, 15) is 0 Å². The first-order valence-corrected chi connectivity index (χ1v) is 8.83. The van der Waals surface area contributed by atoms with Gasteiger partial charge >= 0.3 is 0 Å². The lowest BCUT2D eigenvalue weighted by Crippen LogP contribution is -2.18. The summed E-state index contributed by atoms with van der Waals surface area (Å²) in [6.45, 7) is 4.42. The lowest BCUT2D eigenvalue weighted by Gasteiger charge is -2.26. The molecule has 3 nitrogen and oxygen atoms in total. The van der Waals surface area contributed by atoms with Gasteiger partial charge in [0.05, 0.1) is 13.3 Å². The normalized spacial score (nSPS) is 11.2. The van der Waals surface area contributed by atoms with Crippen molar-refractivity contribution < 1.29 is 9.47 Å². The summed E-state index contributed by atoms with van der Waals surface area (Å²) >= 11 is 3.32. The van der Waals surface area contributed by atoms with Crippen LogP contribution < -0.4 is 9.47 Å². The molecule has 0 saturated carbocycles. The van der Waals surface area contributed by atoms with Crippen LogP contribution in [0.3, 0.4) is 0 Å². The second-order valence-electron chi connectivity index (χ2n) is 6.30. The molecule has 3 rings (SSSR count). The Morgan fingerprint density at radius 1 is 0.760 bits per heavy atom. The first-order valence-electron chi connectivity index (χ1n) is 8.03. The molecule has 0 atom stereocenters. The molecule has 1 heterocycles. The van der Waals surface area contributed by atoms with Crippen LogP contribution >= 0.6 is 15.9 Å². The third-order valence-corrected chi connectivity index (χ3v) is 4.79. The van der Waals surface area contributed by atoms with Crippen molar-refractivity contribution in [1.29, 1.82) is 0 Å². The Hall–Kier alpha value is -2.33. The van der Waals surface area contributed by atoms with E-state index >= 15 is 0 Å². The van der Waals surface area contributed by atoms with Crippen LogP contribution in [-0.2, 0) is 5.41 Å². The summed E-state index contributed by atoms with van der Waals surface area (Å²) < 4.78 is 11.9. The third-order valence-electron chi connectivity index (χ3n) is 4.32. The predicted molar refractivity (Wildman–Crippen MR) is 104 cm³/mol. The number of pyridine rings is 1. The summed E-state index contributed by atoms with van der Waals surface area (Å²) in [5.41, 5.74) is 2.35. The van der Waals surface area contributed by atoms with Crippen LogP contribution in [0.15, 0.2) is 71.5 Å². The second kappa shape index (κ2) is 7.28. The standard InChI is InChI=1S/C21H20BrNO2/c1-21(2,15-4-8-17(24-3)9-5-15)16-6-10-18(11-7-16)25-19-12-13-20(22)23-14-19/h4-14H,1-3H3. The van der Waals surface area contributed by atoms with Gasteiger partial charge in [0.25, 0.3) is 0 Å². The van der Waals surface area contributed by atoms with Gasteiger partial charge in [0.1, 0.15) is 21.9 Å². The van der Waals surface area contributed by atoms with Crippen LogP contribution in [0.1, 0.15) is 25.0 Å². The molecule has 0 fully saturated rings. The zero-order valence-corrected chi connectivity index (χ0v) is 16.1. The van der Waals surface area contributed by atoms with Crippen molar-refractivity contribution in [2.45, 2.75) is 19.3 Å². The van der Waals surface area contributed by atoms with Crippen LogP contribution in [0.4, 0.5) is 0 Å². The molecule has 1 aromatic heterocycles. The Morgan fingerprint density at radius 3 is 1.76 bits per heavy atom. The summed E-state index contributed by atoms with van der Waals surface area (Å²) in [4.78, 5) is 4.17. The van der Waals surface area contributed by atoms with Crippen molar-refractivity contribution >= 4 is 15.9 Å². The Morgan fingerprint density at radius 2 is 1.28 bits per heavy atom. The number of nitrogens with zero attached hydrogens (tertiary/aromatic N) is 1. The van der Waals surface area contributed by atoms with E-state index in [4.69, 9.17) is 9.47 Å². The largest absolute Gasteiger partial charge is 0.497 e. The lowest BCUT2D eigenvalue weighted by atomic mass is 9.78. The highest BCUT2D eigenvalue weighted by Gasteiger charge is 2.23. The molecular formula is C21H20BrNO2.